The maximum absolute atomic E-state index is 13.9. The molecule has 2 aliphatic carbocycles. The molecule has 4 aliphatic rings. The summed E-state index contributed by atoms with van der Waals surface area (Å²) in [5.41, 5.74) is 0.789. The Labute approximate surface area is 218 Å². The van der Waals surface area contributed by atoms with Gasteiger partial charge in [-0.2, -0.15) is 8.42 Å². The van der Waals surface area contributed by atoms with Gasteiger partial charge in [0.2, 0.25) is 15.9 Å². The molecule has 2 aliphatic heterocycles. The predicted molar refractivity (Wildman–Crippen MR) is 137 cm³/mol. The van der Waals surface area contributed by atoms with Gasteiger partial charge in [0.15, 0.2) is 11.7 Å². The van der Waals surface area contributed by atoms with Crippen molar-refractivity contribution in [1.82, 2.24) is 4.90 Å². The molecule has 6 rings (SSSR count). The Kier molecular flexibility index (Phi) is 5.51. The monoisotopic (exact) mass is 558 g/mol. The number of hydrogen-bond acceptors (Lipinski definition) is 7. The zero-order valence-corrected chi connectivity index (χ0v) is 21.7. The Morgan fingerprint density at radius 3 is 2.53 bits per heavy atom. The second-order valence-electron chi connectivity index (χ2n) is 10.1. The number of nitrogens with one attached hydrogen (secondary N) is 2. The molecule has 10 nitrogen and oxygen atoms in total. The van der Waals surface area contributed by atoms with E-state index < -0.39 is 43.6 Å². The van der Waals surface area contributed by atoms with E-state index in [4.69, 9.17) is 0 Å². The van der Waals surface area contributed by atoms with Gasteiger partial charge in [0.1, 0.15) is 16.5 Å². The summed E-state index contributed by atoms with van der Waals surface area (Å²) in [7, 11) is -8.02. The van der Waals surface area contributed by atoms with Crippen molar-refractivity contribution >= 4 is 48.9 Å². The minimum Gasteiger partial charge on any atom is -0.341 e. The van der Waals surface area contributed by atoms with Crippen LogP contribution in [0.3, 0.4) is 0 Å². The van der Waals surface area contributed by atoms with Gasteiger partial charge in [0.05, 0.1) is 11.9 Å². The smallest absolute Gasteiger partial charge is 0.286 e. The standard InChI is InChI=1S/C25H23FN4O6S2/c1-37(33,34)28-17-8-9-18-19(11-17)38(35,36)29-24(27-18)21-23(31)20-14-4-5-15(10-14)22(20)30(25(21)32)12-13-2-6-16(26)7-3-13/h2-9,11,14-15,20-22,28H,10,12H2,1H3,(H,27,29). The summed E-state index contributed by atoms with van der Waals surface area (Å²) in [6.07, 6.45) is 5.65. The third-order valence-electron chi connectivity index (χ3n) is 7.50. The molecule has 2 aromatic carbocycles. The van der Waals surface area contributed by atoms with E-state index >= 15 is 0 Å². The first-order valence-corrected chi connectivity index (χ1v) is 15.3. The second kappa shape index (κ2) is 8.46. The Morgan fingerprint density at radius 2 is 1.82 bits per heavy atom. The maximum Gasteiger partial charge on any atom is 0.286 e. The van der Waals surface area contributed by atoms with Crippen molar-refractivity contribution in [2.45, 2.75) is 23.9 Å². The van der Waals surface area contributed by atoms with Crippen molar-refractivity contribution in [1.29, 1.82) is 0 Å². The SMILES string of the molecule is CS(=O)(=O)Nc1ccc2c(c1)S(=O)(=O)N=C(C1C(=O)C3C4C=CC(C4)C3N(Cc3ccc(F)cc3)C1=O)N2. The number of nitrogens with zero attached hydrogens (tertiary/aromatic N) is 2. The quantitative estimate of drug-likeness (QED) is 0.423. The van der Waals surface area contributed by atoms with Gasteiger partial charge in [-0.15, -0.1) is 4.40 Å². The number of ketones is 1. The molecule has 38 heavy (non-hydrogen) atoms. The molecule has 5 atom stereocenters. The zero-order chi connectivity index (χ0) is 27.0. The second-order valence-corrected chi connectivity index (χ2v) is 13.4. The first-order chi connectivity index (χ1) is 17.9. The van der Waals surface area contributed by atoms with Crippen LogP contribution in [0.2, 0.25) is 0 Å². The molecule has 1 saturated carbocycles. The van der Waals surface area contributed by atoms with E-state index in [1.54, 1.807) is 17.0 Å². The van der Waals surface area contributed by atoms with Crippen molar-refractivity contribution < 1.29 is 30.8 Å². The molecule has 2 bridgehead atoms. The molecule has 2 heterocycles. The molecular weight excluding hydrogens is 535 g/mol. The number of Topliss-reactive ketones (excluding diaryl/α,β-unsaturated/α-hetero) is 1. The normalized spacial score (nSPS) is 28.9. The van der Waals surface area contributed by atoms with Crippen molar-refractivity contribution in [2.24, 2.45) is 28.1 Å². The fraction of sp³-hybridized carbons (Fsp3) is 0.320. The summed E-state index contributed by atoms with van der Waals surface area (Å²) in [5.74, 6) is -3.68. The lowest BCUT2D eigenvalue weighted by atomic mass is 9.75. The van der Waals surface area contributed by atoms with Crippen LogP contribution in [0, 0.1) is 29.5 Å². The first kappa shape index (κ1) is 24.7. The minimum atomic E-state index is -4.37. The molecule has 0 radical (unpaired) electrons. The van der Waals surface area contributed by atoms with Crippen LogP contribution in [0.15, 0.2) is 63.9 Å². The molecule has 1 amide bonds. The average molecular weight is 559 g/mol. The topological polar surface area (TPSA) is 142 Å². The molecular formula is C25H23FN4O6S2. The summed E-state index contributed by atoms with van der Waals surface area (Å²) in [6.45, 7) is 0.137. The molecule has 1 saturated heterocycles. The van der Waals surface area contributed by atoms with Crippen LogP contribution in [0.1, 0.15) is 12.0 Å². The van der Waals surface area contributed by atoms with E-state index in [2.05, 4.69) is 14.4 Å². The number of hydrogen-bond donors (Lipinski definition) is 2. The van der Waals surface area contributed by atoms with Crippen LogP contribution in [-0.2, 0) is 36.2 Å². The summed E-state index contributed by atoms with van der Waals surface area (Å²) >= 11 is 0. The largest absolute Gasteiger partial charge is 0.341 e. The molecule has 5 unspecified atom stereocenters. The Balaban J connectivity index is 1.38. The lowest BCUT2D eigenvalue weighted by molar-refractivity contribution is -0.151. The number of carbonyl (C=O) groups excluding carboxylic acids is 2. The lowest BCUT2D eigenvalue weighted by Gasteiger charge is -2.44. The van der Waals surface area contributed by atoms with Crippen LogP contribution in [0.4, 0.5) is 15.8 Å². The highest BCUT2D eigenvalue weighted by molar-refractivity contribution is 7.92. The number of rotatable bonds is 5. The van der Waals surface area contributed by atoms with Crippen molar-refractivity contribution in [3.63, 3.8) is 0 Å². The number of allylic oxidation sites excluding steroid dienone is 1. The Morgan fingerprint density at radius 1 is 1.11 bits per heavy atom. The summed E-state index contributed by atoms with van der Waals surface area (Å²) in [4.78, 5) is 29.0. The van der Waals surface area contributed by atoms with Gasteiger partial charge in [-0.3, -0.25) is 14.3 Å². The molecule has 198 valence electrons. The number of carbonyl (C=O) groups is 2. The summed E-state index contributed by atoms with van der Waals surface area (Å²) < 4.78 is 68.9. The van der Waals surface area contributed by atoms with Crippen molar-refractivity contribution in [3.8, 4) is 0 Å². The number of amidine groups is 1. The zero-order valence-electron chi connectivity index (χ0n) is 20.0. The van der Waals surface area contributed by atoms with Crippen LogP contribution in [0.5, 0.6) is 0 Å². The van der Waals surface area contributed by atoms with Crippen molar-refractivity contribution in [2.75, 3.05) is 16.3 Å². The first-order valence-electron chi connectivity index (χ1n) is 11.9. The van der Waals surface area contributed by atoms with Crippen LogP contribution >= 0.6 is 0 Å². The molecule has 2 N–H and O–H groups in total. The highest BCUT2D eigenvalue weighted by atomic mass is 32.2. The lowest BCUT2D eigenvalue weighted by Crippen LogP contribution is -2.61. The number of anilines is 2. The van der Waals surface area contributed by atoms with Crippen LogP contribution in [-0.4, -0.2) is 51.6 Å². The van der Waals surface area contributed by atoms with E-state index in [1.165, 1.54) is 24.3 Å². The summed E-state index contributed by atoms with van der Waals surface area (Å²) in [5, 5.41) is 2.85. The molecule has 0 aromatic heterocycles. The Hall–Kier alpha value is -3.58. The predicted octanol–water partition coefficient (Wildman–Crippen LogP) is 2.13. The molecule has 0 spiro atoms. The fourth-order valence-electron chi connectivity index (χ4n) is 6.03. The van der Waals surface area contributed by atoms with Crippen LogP contribution in [0.25, 0.3) is 0 Å². The minimum absolute atomic E-state index is 0.00535. The highest BCUT2D eigenvalue weighted by Crippen LogP contribution is 2.50. The third kappa shape index (κ3) is 4.09. The average Bonchev–Trinajstić information content (AvgIpc) is 3.45. The molecule has 13 heteroatoms. The van der Waals surface area contributed by atoms with E-state index in [0.29, 0.717) is 5.56 Å². The number of amides is 1. The van der Waals surface area contributed by atoms with E-state index in [1.807, 2.05) is 12.2 Å². The van der Waals surface area contributed by atoms with E-state index in [9.17, 15) is 30.8 Å². The number of likely N-dealkylation sites (tertiary alicyclic amines) is 1. The van der Waals surface area contributed by atoms with Crippen molar-refractivity contribution in [3.05, 3.63) is 66.0 Å². The number of piperidine rings is 1. The maximum atomic E-state index is 13.9. The van der Waals surface area contributed by atoms with Gasteiger partial charge in [0, 0.05) is 24.2 Å². The van der Waals surface area contributed by atoms with Gasteiger partial charge >= 0.3 is 0 Å². The number of benzene rings is 2. The van der Waals surface area contributed by atoms with Crippen LogP contribution < -0.4 is 10.0 Å². The molecule has 2 aromatic rings. The third-order valence-corrected chi connectivity index (χ3v) is 9.44. The van der Waals surface area contributed by atoms with Gasteiger partial charge in [-0.25, -0.2) is 12.8 Å². The summed E-state index contributed by atoms with van der Waals surface area (Å²) in [6, 6.07) is 9.22. The Bertz CT molecular complexity index is 1650. The number of sulfonamides is 2. The fourth-order valence-corrected chi connectivity index (χ4v) is 7.77. The number of halogens is 1. The highest BCUT2D eigenvalue weighted by Gasteiger charge is 2.59. The molecule has 2 fully saturated rings. The van der Waals surface area contributed by atoms with E-state index in [-0.39, 0.29) is 52.3 Å². The number of fused-ring (bicyclic) bond motifs is 6. The van der Waals surface area contributed by atoms with Gasteiger partial charge in [-0.1, -0.05) is 24.3 Å². The van der Waals surface area contributed by atoms with Gasteiger partial charge in [-0.05, 0) is 54.2 Å². The van der Waals surface area contributed by atoms with Gasteiger partial charge < -0.3 is 10.2 Å². The van der Waals surface area contributed by atoms with Gasteiger partial charge in [0.25, 0.3) is 10.0 Å². The van der Waals surface area contributed by atoms with E-state index in [0.717, 1.165) is 18.7 Å².